The summed E-state index contributed by atoms with van der Waals surface area (Å²) >= 11 is 0. The van der Waals surface area contributed by atoms with Gasteiger partial charge in [0.25, 0.3) is 0 Å². The van der Waals surface area contributed by atoms with Crippen LogP contribution in [0.25, 0.3) is 0 Å². The lowest BCUT2D eigenvalue weighted by Gasteiger charge is -2.06. The van der Waals surface area contributed by atoms with E-state index in [2.05, 4.69) is 19.2 Å². The average Bonchev–Trinajstić information content (AvgIpc) is 1.89. The van der Waals surface area contributed by atoms with Crippen LogP contribution in [-0.2, 0) is 0 Å². The zero-order chi connectivity index (χ0) is 7.11. The molecule has 55 valence electrons. The topological polar surface area (TPSA) is 12.0 Å². The maximum absolute atomic E-state index is 3.19. The fourth-order valence-electron chi connectivity index (χ4n) is 0.678. The zero-order valence-corrected chi connectivity index (χ0v) is 6.78. The summed E-state index contributed by atoms with van der Waals surface area (Å²) in [5.74, 6) is 0.873. The standard InChI is InChI=1S/C8H18N/c1-4-8(3)6-7-9-5-2/h5,8-9H,4,6-7H2,1-3H3. The molecule has 0 aliphatic rings. The van der Waals surface area contributed by atoms with Crippen molar-refractivity contribution in [3.8, 4) is 0 Å². The van der Waals surface area contributed by atoms with Gasteiger partial charge in [-0.15, -0.1) is 0 Å². The normalized spacial score (nSPS) is 13.7. The molecule has 1 unspecified atom stereocenters. The first-order valence-electron chi connectivity index (χ1n) is 3.82. The van der Waals surface area contributed by atoms with Crippen LogP contribution >= 0.6 is 0 Å². The highest BCUT2D eigenvalue weighted by Crippen LogP contribution is 2.03. The van der Waals surface area contributed by atoms with E-state index in [1.165, 1.54) is 12.8 Å². The SMILES string of the molecule is C[CH]NCCC(C)CC. The number of nitrogens with one attached hydrogen (secondary N) is 1. The average molecular weight is 128 g/mol. The zero-order valence-electron chi connectivity index (χ0n) is 6.78. The highest BCUT2D eigenvalue weighted by molar-refractivity contribution is 4.56. The van der Waals surface area contributed by atoms with Crippen LogP contribution in [0.5, 0.6) is 0 Å². The lowest BCUT2D eigenvalue weighted by molar-refractivity contribution is 0.502. The van der Waals surface area contributed by atoms with E-state index in [1.807, 2.05) is 13.5 Å². The molecule has 0 amide bonds. The van der Waals surface area contributed by atoms with Crippen LogP contribution < -0.4 is 5.32 Å². The van der Waals surface area contributed by atoms with Crippen LogP contribution in [0.15, 0.2) is 0 Å². The Balaban J connectivity index is 2.88. The van der Waals surface area contributed by atoms with E-state index in [0.717, 1.165) is 12.5 Å². The quantitative estimate of drug-likeness (QED) is 0.560. The van der Waals surface area contributed by atoms with Gasteiger partial charge >= 0.3 is 0 Å². The van der Waals surface area contributed by atoms with E-state index in [0.29, 0.717) is 0 Å². The molecule has 0 aromatic carbocycles. The van der Waals surface area contributed by atoms with Crippen molar-refractivity contribution in [1.29, 1.82) is 0 Å². The molecule has 1 radical (unpaired) electrons. The number of rotatable bonds is 5. The van der Waals surface area contributed by atoms with Gasteiger partial charge in [-0.1, -0.05) is 20.3 Å². The van der Waals surface area contributed by atoms with Crippen LogP contribution in [0.4, 0.5) is 0 Å². The molecule has 0 fully saturated rings. The molecular formula is C8H18N. The van der Waals surface area contributed by atoms with Crippen LogP contribution in [0.2, 0.25) is 0 Å². The van der Waals surface area contributed by atoms with E-state index in [9.17, 15) is 0 Å². The molecule has 0 aromatic rings. The van der Waals surface area contributed by atoms with E-state index < -0.39 is 0 Å². The van der Waals surface area contributed by atoms with Crippen molar-refractivity contribution in [3.63, 3.8) is 0 Å². The summed E-state index contributed by atoms with van der Waals surface area (Å²) in [5.41, 5.74) is 0. The van der Waals surface area contributed by atoms with Crippen molar-refractivity contribution < 1.29 is 0 Å². The molecule has 1 nitrogen and oxygen atoms in total. The number of hydrogen-bond donors (Lipinski definition) is 1. The van der Waals surface area contributed by atoms with E-state index >= 15 is 0 Å². The van der Waals surface area contributed by atoms with Crippen molar-refractivity contribution >= 4 is 0 Å². The van der Waals surface area contributed by atoms with Gasteiger partial charge < -0.3 is 5.32 Å². The highest BCUT2D eigenvalue weighted by Gasteiger charge is 1.95. The molecule has 0 bridgehead atoms. The summed E-state index contributed by atoms with van der Waals surface area (Å²) in [6.45, 7) is 9.68. The first-order valence-corrected chi connectivity index (χ1v) is 3.82. The van der Waals surface area contributed by atoms with E-state index in [-0.39, 0.29) is 0 Å². The Morgan fingerprint density at radius 2 is 2.22 bits per heavy atom. The smallest absolute Gasteiger partial charge is 0.0190 e. The third-order valence-electron chi connectivity index (χ3n) is 1.68. The monoisotopic (exact) mass is 128 g/mol. The predicted molar refractivity (Wildman–Crippen MR) is 42.0 cm³/mol. The molecule has 0 aromatic heterocycles. The largest absolute Gasteiger partial charge is 0.313 e. The Bertz CT molecular complexity index is 52.5. The van der Waals surface area contributed by atoms with Gasteiger partial charge in [0.2, 0.25) is 0 Å². The minimum Gasteiger partial charge on any atom is -0.313 e. The van der Waals surface area contributed by atoms with Crippen molar-refractivity contribution in [2.75, 3.05) is 6.54 Å². The molecule has 0 saturated carbocycles. The van der Waals surface area contributed by atoms with Crippen molar-refractivity contribution in [1.82, 2.24) is 5.32 Å². The van der Waals surface area contributed by atoms with Crippen molar-refractivity contribution in [3.05, 3.63) is 6.54 Å². The number of hydrogen-bond acceptors (Lipinski definition) is 1. The summed E-state index contributed by atoms with van der Waals surface area (Å²) < 4.78 is 0. The second-order valence-corrected chi connectivity index (χ2v) is 2.54. The maximum atomic E-state index is 3.19. The molecule has 1 heteroatoms. The Kier molecular flexibility index (Phi) is 6.06. The minimum absolute atomic E-state index is 0.873. The van der Waals surface area contributed by atoms with Gasteiger partial charge in [0.15, 0.2) is 0 Å². The summed E-state index contributed by atoms with van der Waals surface area (Å²) in [5, 5.41) is 3.19. The summed E-state index contributed by atoms with van der Waals surface area (Å²) in [7, 11) is 0. The molecule has 0 saturated heterocycles. The highest BCUT2D eigenvalue weighted by atomic mass is 14.8. The van der Waals surface area contributed by atoms with Crippen LogP contribution in [0.3, 0.4) is 0 Å². The van der Waals surface area contributed by atoms with Crippen molar-refractivity contribution in [2.24, 2.45) is 5.92 Å². The lowest BCUT2D eigenvalue weighted by atomic mass is 10.1. The maximum Gasteiger partial charge on any atom is 0.0190 e. The fourth-order valence-corrected chi connectivity index (χ4v) is 0.678. The van der Waals surface area contributed by atoms with Gasteiger partial charge in [-0.25, -0.2) is 0 Å². The molecule has 1 atom stereocenters. The Labute approximate surface area is 58.8 Å². The second kappa shape index (κ2) is 6.09. The van der Waals surface area contributed by atoms with Crippen LogP contribution in [-0.4, -0.2) is 6.54 Å². The van der Waals surface area contributed by atoms with Gasteiger partial charge in [0, 0.05) is 6.54 Å². The van der Waals surface area contributed by atoms with Gasteiger partial charge in [-0.05, 0) is 25.8 Å². The van der Waals surface area contributed by atoms with Crippen molar-refractivity contribution in [2.45, 2.75) is 33.6 Å². The Morgan fingerprint density at radius 1 is 1.56 bits per heavy atom. The Hall–Kier alpha value is -0.0400. The third-order valence-corrected chi connectivity index (χ3v) is 1.68. The molecule has 0 rings (SSSR count). The summed E-state index contributed by atoms with van der Waals surface area (Å²) in [4.78, 5) is 0. The lowest BCUT2D eigenvalue weighted by Crippen LogP contribution is -2.12. The third kappa shape index (κ3) is 5.84. The van der Waals surface area contributed by atoms with Gasteiger partial charge in [0.1, 0.15) is 0 Å². The predicted octanol–water partition coefficient (Wildman–Crippen LogP) is 2.19. The molecular weight excluding hydrogens is 110 g/mol. The molecule has 0 heterocycles. The first-order chi connectivity index (χ1) is 4.31. The van der Waals surface area contributed by atoms with Gasteiger partial charge in [-0.3, -0.25) is 0 Å². The van der Waals surface area contributed by atoms with Gasteiger partial charge in [-0.2, -0.15) is 0 Å². The fraction of sp³-hybridized carbons (Fsp3) is 0.875. The van der Waals surface area contributed by atoms with Crippen LogP contribution in [0, 0.1) is 12.5 Å². The van der Waals surface area contributed by atoms with E-state index in [1.54, 1.807) is 0 Å². The molecule has 0 spiro atoms. The molecule has 0 aliphatic carbocycles. The van der Waals surface area contributed by atoms with E-state index in [4.69, 9.17) is 0 Å². The van der Waals surface area contributed by atoms with Gasteiger partial charge in [0.05, 0.1) is 0 Å². The molecule has 1 N–H and O–H groups in total. The molecule has 9 heavy (non-hydrogen) atoms. The first kappa shape index (κ1) is 8.96. The molecule has 0 aliphatic heterocycles. The Morgan fingerprint density at radius 3 is 2.67 bits per heavy atom. The summed E-state index contributed by atoms with van der Waals surface area (Å²) in [6, 6.07) is 0. The van der Waals surface area contributed by atoms with Crippen LogP contribution in [0.1, 0.15) is 33.6 Å². The minimum atomic E-state index is 0.873. The summed E-state index contributed by atoms with van der Waals surface area (Å²) in [6.07, 6.45) is 2.59. The second-order valence-electron chi connectivity index (χ2n) is 2.54.